The SMILES string of the molecule is COc1ccc(CCc2nc(C3CCC[C@H]3CO)ncc2C(=O)Cc2cc(OC)c(OC)c(OC)c2)cc1Cl. The lowest BCUT2D eigenvalue weighted by Crippen LogP contribution is -2.17. The number of Topliss-reactive ketones (excluding diaryl/α,β-unsaturated/α-hetero) is 1. The van der Waals surface area contributed by atoms with Crippen LogP contribution in [0.1, 0.15) is 58.2 Å². The van der Waals surface area contributed by atoms with Crippen molar-refractivity contribution in [3.8, 4) is 23.0 Å². The number of halogens is 1. The lowest BCUT2D eigenvalue weighted by molar-refractivity contribution is 0.0991. The fourth-order valence-corrected chi connectivity index (χ4v) is 5.56. The molecule has 1 N–H and O–H groups in total. The summed E-state index contributed by atoms with van der Waals surface area (Å²) in [5, 5.41) is 10.4. The number of aromatic nitrogens is 2. The first kappa shape index (κ1) is 28.6. The summed E-state index contributed by atoms with van der Waals surface area (Å²) in [4.78, 5) is 23.2. The average molecular weight is 555 g/mol. The van der Waals surface area contributed by atoms with Crippen LogP contribution < -0.4 is 18.9 Å². The van der Waals surface area contributed by atoms with Crippen LogP contribution in [0, 0.1) is 5.92 Å². The van der Waals surface area contributed by atoms with Gasteiger partial charge in [0.2, 0.25) is 5.75 Å². The molecule has 2 atom stereocenters. The molecular weight excluding hydrogens is 520 g/mol. The summed E-state index contributed by atoms with van der Waals surface area (Å²) >= 11 is 6.34. The van der Waals surface area contributed by atoms with E-state index in [2.05, 4.69) is 4.98 Å². The molecule has 0 aliphatic heterocycles. The molecule has 39 heavy (non-hydrogen) atoms. The zero-order valence-corrected chi connectivity index (χ0v) is 23.6. The number of carbonyl (C=O) groups excluding carboxylic acids is 1. The highest BCUT2D eigenvalue weighted by molar-refractivity contribution is 6.32. The summed E-state index contributed by atoms with van der Waals surface area (Å²) in [6.45, 7) is 0.107. The highest BCUT2D eigenvalue weighted by Gasteiger charge is 2.31. The van der Waals surface area contributed by atoms with Crippen LogP contribution in [-0.2, 0) is 19.3 Å². The van der Waals surface area contributed by atoms with Crippen LogP contribution in [0.3, 0.4) is 0 Å². The fourth-order valence-electron chi connectivity index (χ4n) is 5.28. The van der Waals surface area contributed by atoms with Crippen molar-refractivity contribution in [2.75, 3.05) is 35.0 Å². The molecule has 0 radical (unpaired) electrons. The Morgan fingerprint density at radius 2 is 1.67 bits per heavy atom. The topological polar surface area (TPSA) is 100 Å². The van der Waals surface area contributed by atoms with E-state index in [0.717, 1.165) is 30.4 Å². The second kappa shape index (κ2) is 13.1. The van der Waals surface area contributed by atoms with Gasteiger partial charge in [-0.25, -0.2) is 9.97 Å². The van der Waals surface area contributed by atoms with Gasteiger partial charge in [-0.2, -0.15) is 0 Å². The Kier molecular flexibility index (Phi) is 9.64. The number of hydrogen-bond donors (Lipinski definition) is 1. The van der Waals surface area contributed by atoms with Crippen molar-refractivity contribution in [3.63, 3.8) is 0 Å². The average Bonchev–Trinajstić information content (AvgIpc) is 3.44. The first-order chi connectivity index (χ1) is 18.9. The van der Waals surface area contributed by atoms with Gasteiger partial charge in [0.1, 0.15) is 11.6 Å². The molecule has 3 aromatic rings. The number of ether oxygens (including phenoxy) is 4. The molecule has 4 rings (SSSR count). The van der Waals surface area contributed by atoms with Gasteiger partial charge in [-0.05, 0) is 67.0 Å². The molecular formula is C30H35ClN2O6. The minimum Gasteiger partial charge on any atom is -0.495 e. The Labute approximate surface area is 234 Å². The number of aryl methyl sites for hydroxylation is 2. The van der Waals surface area contributed by atoms with Crippen LogP contribution in [0.25, 0.3) is 0 Å². The number of carbonyl (C=O) groups is 1. The van der Waals surface area contributed by atoms with E-state index in [9.17, 15) is 9.90 Å². The van der Waals surface area contributed by atoms with Gasteiger partial charge in [0, 0.05) is 25.1 Å². The van der Waals surface area contributed by atoms with E-state index in [1.165, 1.54) is 7.11 Å². The number of rotatable bonds is 12. The molecule has 0 amide bonds. The van der Waals surface area contributed by atoms with E-state index in [1.807, 2.05) is 18.2 Å². The maximum atomic E-state index is 13.6. The molecule has 1 fully saturated rings. The number of aliphatic hydroxyl groups excluding tert-OH is 1. The Morgan fingerprint density at radius 3 is 2.28 bits per heavy atom. The van der Waals surface area contributed by atoms with Gasteiger partial charge in [0.25, 0.3) is 0 Å². The molecule has 8 nitrogen and oxygen atoms in total. The number of hydrogen-bond acceptors (Lipinski definition) is 8. The van der Waals surface area contributed by atoms with E-state index >= 15 is 0 Å². The minimum atomic E-state index is -0.108. The van der Waals surface area contributed by atoms with E-state index in [-0.39, 0.29) is 30.6 Å². The second-order valence-electron chi connectivity index (χ2n) is 9.67. The van der Waals surface area contributed by atoms with E-state index < -0.39 is 0 Å². The molecule has 1 aromatic heterocycles. The third-order valence-electron chi connectivity index (χ3n) is 7.37. The van der Waals surface area contributed by atoms with Crippen LogP contribution in [0.4, 0.5) is 0 Å². The minimum absolute atomic E-state index is 0.0865. The first-order valence-corrected chi connectivity index (χ1v) is 13.4. The van der Waals surface area contributed by atoms with Crippen LogP contribution in [0.2, 0.25) is 5.02 Å². The standard InChI is InChI=1S/C30H35ClN2O6/c1-36-26-11-9-18(12-23(26)31)8-10-24-22(16-32-30(33-24)21-7-5-6-20(21)17-34)25(35)13-19-14-27(37-2)29(39-4)28(15-19)38-3/h9,11-12,14-16,20-21,34H,5-8,10,13,17H2,1-4H3/t20-,21?/m0/s1. The summed E-state index contributed by atoms with van der Waals surface area (Å²) in [7, 11) is 6.21. The smallest absolute Gasteiger partial charge is 0.203 e. The number of benzene rings is 2. The van der Waals surface area contributed by atoms with Crippen molar-refractivity contribution in [2.45, 2.75) is 44.4 Å². The molecule has 0 spiro atoms. The summed E-state index contributed by atoms with van der Waals surface area (Å²) in [6, 6.07) is 9.22. The summed E-state index contributed by atoms with van der Waals surface area (Å²) < 4.78 is 21.6. The van der Waals surface area contributed by atoms with Crippen LogP contribution in [0.15, 0.2) is 36.5 Å². The van der Waals surface area contributed by atoms with Crippen molar-refractivity contribution < 1.29 is 28.8 Å². The highest BCUT2D eigenvalue weighted by Crippen LogP contribution is 2.39. The number of ketones is 1. The fraction of sp³-hybridized carbons (Fsp3) is 0.433. The Morgan fingerprint density at radius 1 is 0.949 bits per heavy atom. The molecule has 0 bridgehead atoms. The molecule has 9 heteroatoms. The lowest BCUT2D eigenvalue weighted by atomic mass is 9.94. The van der Waals surface area contributed by atoms with Crippen molar-refractivity contribution in [3.05, 3.63) is 69.8 Å². The third kappa shape index (κ3) is 6.45. The summed E-state index contributed by atoms with van der Waals surface area (Å²) in [5.41, 5.74) is 2.90. The normalized spacial score (nSPS) is 16.7. The quantitative estimate of drug-likeness (QED) is 0.303. The number of aliphatic hydroxyl groups is 1. The van der Waals surface area contributed by atoms with E-state index in [0.29, 0.717) is 57.9 Å². The summed E-state index contributed by atoms with van der Waals surface area (Å²) in [5.74, 6) is 2.86. The molecule has 1 aliphatic rings. The van der Waals surface area contributed by atoms with E-state index in [4.69, 9.17) is 35.5 Å². The molecule has 208 valence electrons. The first-order valence-electron chi connectivity index (χ1n) is 13.0. The Hall–Kier alpha value is -3.36. The number of nitrogens with zero attached hydrogens (tertiary/aromatic N) is 2. The molecule has 1 aliphatic carbocycles. The zero-order chi connectivity index (χ0) is 27.9. The maximum Gasteiger partial charge on any atom is 0.203 e. The van der Waals surface area contributed by atoms with Crippen LogP contribution >= 0.6 is 11.6 Å². The van der Waals surface area contributed by atoms with Crippen LogP contribution in [-0.4, -0.2) is 55.9 Å². The van der Waals surface area contributed by atoms with Crippen molar-refractivity contribution >= 4 is 17.4 Å². The molecule has 1 saturated carbocycles. The summed E-state index contributed by atoms with van der Waals surface area (Å²) in [6.07, 6.45) is 5.84. The van der Waals surface area contributed by atoms with Gasteiger partial charge >= 0.3 is 0 Å². The predicted molar refractivity (Wildman–Crippen MR) is 149 cm³/mol. The Balaban J connectivity index is 1.65. The third-order valence-corrected chi connectivity index (χ3v) is 7.66. The predicted octanol–water partition coefficient (Wildman–Crippen LogP) is 5.25. The lowest BCUT2D eigenvalue weighted by Gasteiger charge is -2.18. The van der Waals surface area contributed by atoms with E-state index in [1.54, 1.807) is 39.7 Å². The van der Waals surface area contributed by atoms with Crippen molar-refractivity contribution in [1.29, 1.82) is 0 Å². The second-order valence-corrected chi connectivity index (χ2v) is 10.1. The largest absolute Gasteiger partial charge is 0.495 e. The van der Waals surface area contributed by atoms with Gasteiger partial charge in [0.05, 0.1) is 44.7 Å². The molecule has 0 saturated heterocycles. The van der Waals surface area contributed by atoms with Gasteiger partial charge < -0.3 is 24.1 Å². The van der Waals surface area contributed by atoms with Gasteiger partial charge in [-0.3, -0.25) is 4.79 Å². The maximum absolute atomic E-state index is 13.6. The van der Waals surface area contributed by atoms with Gasteiger partial charge in [-0.15, -0.1) is 0 Å². The van der Waals surface area contributed by atoms with Crippen molar-refractivity contribution in [2.24, 2.45) is 5.92 Å². The van der Waals surface area contributed by atoms with Crippen molar-refractivity contribution in [1.82, 2.24) is 9.97 Å². The monoisotopic (exact) mass is 554 g/mol. The van der Waals surface area contributed by atoms with Gasteiger partial charge in [-0.1, -0.05) is 24.1 Å². The van der Waals surface area contributed by atoms with Crippen LogP contribution in [0.5, 0.6) is 23.0 Å². The highest BCUT2D eigenvalue weighted by atomic mass is 35.5. The molecule has 1 heterocycles. The van der Waals surface area contributed by atoms with Gasteiger partial charge in [0.15, 0.2) is 17.3 Å². The molecule has 1 unspecified atom stereocenters. The Bertz CT molecular complexity index is 1290. The molecule has 2 aromatic carbocycles. The zero-order valence-electron chi connectivity index (χ0n) is 22.8. The number of methoxy groups -OCH3 is 4.